The number of amides is 2. The second-order valence-corrected chi connectivity index (χ2v) is 10.4. The minimum atomic E-state index is -4.70. The number of carbonyl (C=O) groups excluding carboxylic acids is 3. The van der Waals surface area contributed by atoms with Crippen molar-refractivity contribution in [3.05, 3.63) is 106 Å². The van der Waals surface area contributed by atoms with Gasteiger partial charge in [-0.1, -0.05) is 48.0 Å². The van der Waals surface area contributed by atoms with E-state index < -0.39 is 64.7 Å². The monoisotopic (exact) mass is 610 g/mol. The van der Waals surface area contributed by atoms with Crippen LogP contribution in [0, 0.1) is 11.8 Å². The van der Waals surface area contributed by atoms with Crippen molar-refractivity contribution in [2.45, 2.75) is 30.5 Å². The van der Waals surface area contributed by atoms with Crippen molar-refractivity contribution in [3.63, 3.8) is 0 Å². The first-order chi connectivity index (χ1) is 19.7. The topological polar surface area (TPSA) is 75.7 Å². The molecule has 0 saturated carbocycles. The molecule has 2 aliphatic heterocycles. The lowest BCUT2D eigenvalue weighted by Crippen LogP contribution is -2.51. The average molecular weight is 611 g/mol. The van der Waals surface area contributed by atoms with Crippen molar-refractivity contribution in [2.75, 3.05) is 7.11 Å². The molecule has 3 aromatic carbocycles. The zero-order valence-electron chi connectivity index (χ0n) is 21.6. The number of nitrogens with one attached hydrogen (secondary N) is 1. The fraction of sp³-hybridized carbons (Fsp3) is 0.276. The maximum Gasteiger partial charge on any atom is 0.416 e. The number of nitrogens with zero attached hydrogens (tertiary/aromatic N) is 1. The third-order valence-electron chi connectivity index (χ3n) is 7.70. The summed E-state index contributed by atoms with van der Waals surface area (Å²) in [7, 11) is 1.06. The predicted octanol–water partition coefficient (Wildman–Crippen LogP) is 5.57. The van der Waals surface area contributed by atoms with E-state index in [0.29, 0.717) is 10.6 Å². The van der Waals surface area contributed by atoms with Gasteiger partial charge in [0.2, 0.25) is 11.8 Å². The molecule has 2 amide bonds. The second kappa shape index (κ2) is 10.4. The highest BCUT2D eigenvalue weighted by atomic mass is 35.5. The van der Waals surface area contributed by atoms with Gasteiger partial charge in [-0.15, -0.1) is 0 Å². The van der Waals surface area contributed by atoms with Crippen LogP contribution >= 0.6 is 11.6 Å². The van der Waals surface area contributed by atoms with Crippen LogP contribution in [0.2, 0.25) is 5.02 Å². The standard InChI is InChI=1S/C29H21ClF6N2O4/c1-42-26(41)23-21-22(25(40)38(24(21)39)14-15-2-12-20(30)13-3-15)27(37-23,16-4-8-18(9-5-16)28(31,32)33)17-6-10-19(11-7-17)29(34,35)36/h2-13,21-23,37H,14H2,1H3/t21-,22+,23+/m0/s1. The predicted molar refractivity (Wildman–Crippen MR) is 137 cm³/mol. The van der Waals surface area contributed by atoms with E-state index in [-0.39, 0.29) is 17.7 Å². The highest BCUT2D eigenvalue weighted by molar-refractivity contribution is 6.30. The van der Waals surface area contributed by atoms with Crippen LogP contribution in [0.25, 0.3) is 0 Å². The molecule has 3 aromatic rings. The van der Waals surface area contributed by atoms with E-state index in [1.807, 2.05) is 0 Å². The molecule has 5 rings (SSSR count). The summed E-state index contributed by atoms with van der Waals surface area (Å²) in [6.45, 7) is -0.203. The Kier molecular flexibility index (Phi) is 7.34. The van der Waals surface area contributed by atoms with E-state index in [0.717, 1.165) is 60.5 Å². The van der Waals surface area contributed by atoms with Crippen LogP contribution < -0.4 is 5.32 Å². The minimum absolute atomic E-state index is 0.0335. The molecular formula is C29H21ClF6N2O4. The molecular weight excluding hydrogens is 590 g/mol. The van der Waals surface area contributed by atoms with Crippen molar-refractivity contribution < 1.29 is 45.5 Å². The maximum atomic E-state index is 14.1. The van der Waals surface area contributed by atoms with E-state index in [4.69, 9.17) is 16.3 Å². The summed E-state index contributed by atoms with van der Waals surface area (Å²) in [5, 5.41) is 3.35. The van der Waals surface area contributed by atoms with Crippen LogP contribution in [0.4, 0.5) is 26.3 Å². The number of ether oxygens (including phenoxy) is 1. The first-order valence-corrected chi connectivity index (χ1v) is 12.9. The first kappa shape index (κ1) is 29.6. The largest absolute Gasteiger partial charge is 0.468 e. The number of alkyl halides is 6. The van der Waals surface area contributed by atoms with E-state index in [9.17, 15) is 40.7 Å². The molecule has 42 heavy (non-hydrogen) atoms. The number of fused-ring (bicyclic) bond motifs is 1. The number of imide groups is 1. The summed E-state index contributed by atoms with van der Waals surface area (Å²) in [6.07, 6.45) is -9.40. The maximum absolute atomic E-state index is 14.1. The fourth-order valence-corrected chi connectivity index (χ4v) is 5.89. The number of rotatable bonds is 5. The second-order valence-electron chi connectivity index (χ2n) is 10.00. The number of hydrogen-bond donors (Lipinski definition) is 1. The molecule has 1 N–H and O–H groups in total. The number of likely N-dealkylation sites (tertiary alicyclic amines) is 1. The van der Waals surface area contributed by atoms with Crippen LogP contribution in [0.15, 0.2) is 72.8 Å². The van der Waals surface area contributed by atoms with Gasteiger partial charge < -0.3 is 4.74 Å². The lowest BCUT2D eigenvalue weighted by atomic mass is 9.71. The van der Waals surface area contributed by atoms with E-state index >= 15 is 0 Å². The fourth-order valence-electron chi connectivity index (χ4n) is 5.76. The Bertz CT molecular complexity index is 1460. The van der Waals surface area contributed by atoms with Crippen LogP contribution in [-0.2, 0) is 43.6 Å². The number of benzene rings is 3. The van der Waals surface area contributed by atoms with Crippen LogP contribution in [0.5, 0.6) is 0 Å². The molecule has 13 heteroatoms. The van der Waals surface area contributed by atoms with Gasteiger partial charge in [-0.05, 0) is 53.1 Å². The van der Waals surface area contributed by atoms with Gasteiger partial charge in [0, 0.05) is 5.02 Å². The Morgan fingerprint density at radius 1 is 0.833 bits per heavy atom. The van der Waals surface area contributed by atoms with Gasteiger partial charge in [0.25, 0.3) is 0 Å². The zero-order chi connectivity index (χ0) is 30.6. The quantitative estimate of drug-likeness (QED) is 0.232. The van der Waals surface area contributed by atoms with Crippen LogP contribution in [0.1, 0.15) is 27.8 Å². The van der Waals surface area contributed by atoms with Crippen molar-refractivity contribution >= 4 is 29.4 Å². The van der Waals surface area contributed by atoms with E-state index in [1.54, 1.807) is 24.3 Å². The SMILES string of the molecule is COC(=O)[C@@H]1NC(c2ccc(C(F)(F)F)cc2)(c2ccc(C(F)(F)F)cc2)[C@H]2C(=O)N(Cc3ccc(Cl)cc3)C(=O)[C@H]12. The molecule has 6 nitrogen and oxygen atoms in total. The Hall–Kier alpha value is -3.90. The lowest BCUT2D eigenvalue weighted by Gasteiger charge is -2.36. The van der Waals surface area contributed by atoms with Crippen LogP contribution in [-0.4, -0.2) is 35.8 Å². The van der Waals surface area contributed by atoms with Crippen molar-refractivity contribution in [1.82, 2.24) is 10.2 Å². The summed E-state index contributed by atoms with van der Waals surface area (Å²) >= 11 is 5.94. The van der Waals surface area contributed by atoms with Crippen molar-refractivity contribution in [3.8, 4) is 0 Å². The number of carbonyl (C=O) groups is 3. The molecule has 2 fully saturated rings. The van der Waals surface area contributed by atoms with Gasteiger partial charge in [-0.2, -0.15) is 26.3 Å². The summed E-state index contributed by atoms with van der Waals surface area (Å²) in [4.78, 5) is 41.7. The molecule has 0 bridgehead atoms. The van der Waals surface area contributed by atoms with Crippen molar-refractivity contribution in [2.24, 2.45) is 11.8 Å². The average Bonchev–Trinajstić information content (AvgIpc) is 3.43. The molecule has 0 aliphatic carbocycles. The molecule has 0 radical (unpaired) electrons. The molecule has 0 aromatic heterocycles. The smallest absolute Gasteiger partial charge is 0.416 e. The molecule has 0 unspecified atom stereocenters. The number of halogens is 7. The van der Waals surface area contributed by atoms with Gasteiger partial charge >= 0.3 is 18.3 Å². The lowest BCUT2D eigenvalue weighted by molar-refractivity contribution is -0.148. The molecule has 220 valence electrons. The highest BCUT2D eigenvalue weighted by Gasteiger charge is 2.68. The highest BCUT2D eigenvalue weighted by Crippen LogP contribution is 2.52. The third kappa shape index (κ3) is 4.92. The molecule has 3 atom stereocenters. The zero-order valence-corrected chi connectivity index (χ0v) is 22.3. The molecule has 2 heterocycles. The summed E-state index contributed by atoms with van der Waals surface area (Å²) < 4.78 is 85.3. The van der Waals surface area contributed by atoms with Gasteiger partial charge in [-0.3, -0.25) is 24.6 Å². The van der Waals surface area contributed by atoms with Crippen molar-refractivity contribution in [1.29, 1.82) is 0 Å². The minimum Gasteiger partial charge on any atom is -0.468 e. The Balaban J connectivity index is 1.70. The van der Waals surface area contributed by atoms with Crippen LogP contribution in [0.3, 0.4) is 0 Å². The molecule has 0 spiro atoms. The summed E-state index contributed by atoms with van der Waals surface area (Å²) in [5.74, 6) is -5.24. The normalized spacial score (nSPS) is 21.9. The summed E-state index contributed by atoms with van der Waals surface area (Å²) in [5.41, 5.74) is -3.30. The van der Waals surface area contributed by atoms with Gasteiger partial charge in [0.05, 0.1) is 42.2 Å². The number of hydrogen-bond acceptors (Lipinski definition) is 5. The Morgan fingerprint density at radius 3 is 1.74 bits per heavy atom. The third-order valence-corrected chi connectivity index (χ3v) is 7.95. The van der Waals surface area contributed by atoms with Gasteiger partial charge in [-0.25, -0.2) is 0 Å². The van der Waals surface area contributed by atoms with E-state index in [2.05, 4.69) is 5.32 Å². The van der Waals surface area contributed by atoms with Gasteiger partial charge in [0.1, 0.15) is 6.04 Å². The molecule has 2 aliphatic rings. The number of esters is 1. The number of methoxy groups -OCH3 is 1. The summed E-state index contributed by atoms with van der Waals surface area (Å²) in [6, 6.07) is 12.2. The van der Waals surface area contributed by atoms with Gasteiger partial charge in [0.15, 0.2) is 0 Å². The Labute approximate surface area is 240 Å². The Morgan fingerprint density at radius 2 is 1.31 bits per heavy atom. The first-order valence-electron chi connectivity index (χ1n) is 12.5. The molecule has 2 saturated heterocycles. The van der Waals surface area contributed by atoms with E-state index in [1.165, 1.54) is 0 Å².